The minimum Gasteiger partial charge on any atom is -0.354 e. The molecule has 0 unspecified atom stereocenters. The molecule has 1 aromatic heterocycles. The standard InChI is InChI=1S/C15H23N3S/c1-15(2)11-18(7-8-19-15)14-6-3-12(10-17-14)9-16-13-4-5-13/h3,6,10,13,16H,4-5,7-9,11H2,1-2H3. The first-order valence-corrected chi connectivity index (χ1v) is 8.18. The van der Waals surface area contributed by atoms with E-state index in [-0.39, 0.29) is 0 Å². The minimum absolute atomic E-state index is 0.339. The lowest BCUT2D eigenvalue weighted by Gasteiger charge is -2.38. The van der Waals surface area contributed by atoms with E-state index in [1.807, 2.05) is 6.20 Å². The van der Waals surface area contributed by atoms with Crippen LogP contribution in [0.4, 0.5) is 5.82 Å². The molecule has 19 heavy (non-hydrogen) atoms. The van der Waals surface area contributed by atoms with Gasteiger partial charge in [-0.1, -0.05) is 6.07 Å². The van der Waals surface area contributed by atoms with Crippen molar-refractivity contribution in [1.29, 1.82) is 0 Å². The second-order valence-electron chi connectivity index (χ2n) is 6.21. The molecule has 0 amide bonds. The van der Waals surface area contributed by atoms with Crippen molar-refractivity contribution in [2.24, 2.45) is 0 Å². The maximum absolute atomic E-state index is 4.64. The van der Waals surface area contributed by atoms with Crippen LogP contribution in [0.25, 0.3) is 0 Å². The van der Waals surface area contributed by atoms with Crippen molar-refractivity contribution in [1.82, 2.24) is 10.3 Å². The Kier molecular flexibility index (Phi) is 3.72. The zero-order valence-electron chi connectivity index (χ0n) is 11.9. The normalized spacial score (nSPS) is 22.5. The minimum atomic E-state index is 0.339. The maximum atomic E-state index is 4.64. The Labute approximate surface area is 120 Å². The van der Waals surface area contributed by atoms with Gasteiger partial charge < -0.3 is 10.2 Å². The molecule has 2 aliphatic rings. The van der Waals surface area contributed by atoms with Crippen LogP contribution in [0.15, 0.2) is 18.3 Å². The highest BCUT2D eigenvalue weighted by atomic mass is 32.2. The summed E-state index contributed by atoms with van der Waals surface area (Å²) in [6.07, 6.45) is 4.71. The zero-order valence-corrected chi connectivity index (χ0v) is 12.7. The monoisotopic (exact) mass is 277 g/mol. The number of rotatable bonds is 4. The van der Waals surface area contributed by atoms with E-state index in [4.69, 9.17) is 0 Å². The van der Waals surface area contributed by atoms with E-state index < -0.39 is 0 Å². The zero-order chi connectivity index (χ0) is 13.3. The fourth-order valence-corrected chi connectivity index (χ4v) is 3.58. The number of pyridine rings is 1. The van der Waals surface area contributed by atoms with Crippen LogP contribution < -0.4 is 10.2 Å². The number of hydrogen-bond donors (Lipinski definition) is 1. The first kappa shape index (κ1) is 13.3. The lowest BCUT2D eigenvalue weighted by atomic mass is 10.2. The summed E-state index contributed by atoms with van der Waals surface area (Å²) in [5.41, 5.74) is 1.29. The number of hydrogen-bond acceptors (Lipinski definition) is 4. The molecule has 0 radical (unpaired) electrons. The topological polar surface area (TPSA) is 28.2 Å². The molecule has 1 aromatic rings. The van der Waals surface area contributed by atoms with E-state index in [0.717, 1.165) is 31.5 Å². The van der Waals surface area contributed by atoms with Gasteiger partial charge in [-0.25, -0.2) is 4.98 Å². The average Bonchev–Trinajstić information content (AvgIpc) is 3.20. The van der Waals surface area contributed by atoms with Gasteiger partial charge in [0.25, 0.3) is 0 Å². The summed E-state index contributed by atoms with van der Waals surface area (Å²) in [6.45, 7) is 7.79. The molecule has 1 saturated carbocycles. The summed E-state index contributed by atoms with van der Waals surface area (Å²) < 4.78 is 0.339. The van der Waals surface area contributed by atoms with Gasteiger partial charge >= 0.3 is 0 Å². The second-order valence-corrected chi connectivity index (χ2v) is 8.01. The third-order valence-electron chi connectivity index (χ3n) is 3.73. The van der Waals surface area contributed by atoms with Gasteiger partial charge in [-0.3, -0.25) is 0 Å². The van der Waals surface area contributed by atoms with E-state index >= 15 is 0 Å². The number of thioether (sulfide) groups is 1. The Balaban J connectivity index is 1.61. The molecule has 1 aliphatic heterocycles. The van der Waals surface area contributed by atoms with Crippen LogP contribution in [-0.2, 0) is 6.54 Å². The van der Waals surface area contributed by atoms with Crippen molar-refractivity contribution < 1.29 is 0 Å². The predicted molar refractivity (Wildman–Crippen MR) is 82.8 cm³/mol. The van der Waals surface area contributed by atoms with Crippen LogP contribution >= 0.6 is 11.8 Å². The van der Waals surface area contributed by atoms with Crippen molar-refractivity contribution in [2.45, 2.75) is 44.0 Å². The fourth-order valence-electron chi connectivity index (χ4n) is 2.47. The third-order valence-corrected chi connectivity index (χ3v) is 5.03. The van der Waals surface area contributed by atoms with E-state index in [0.29, 0.717) is 4.75 Å². The molecule has 3 nitrogen and oxygen atoms in total. The molecular formula is C15H23N3S. The lowest BCUT2D eigenvalue weighted by molar-refractivity contribution is 0.641. The molecule has 0 aromatic carbocycles. The molecule has 104 valence electrons. The second kappa shape index (κ2) is 5.33. The van der Waals surface area contributed by atoms with Crippen LogP contribution in [-0.4, -0.2) is 34.6 Å². The summed E-state index contributed by atoms with van der Waals surface area (Å²) in [6, 6.07) is 5.15. The smallest absolute Gasteiger partial charge is 0.128 e. The van der Waals surface area contributed by atoms with Gasteiger partial charge in [0.15, 0.2) is 0 Å². The number of nitrogens with zero attached hydrogens (tertiary/aromatic N) is 2. The highest BCUT2D eigenvalue weighted by molar-refractivity contribution is 8.00. The van der Waals surface area contributed by atoms with Gasteiger partial charge in [0.1, 0.15) is 5.82 Å². The summed E-state index contributed by atoms with van der Waals surface area (Å²) in [5, 5.41) is 3.53. The van der Waals surface area contributed by atoms with E-state index in [2.05, 4.69) is 52.9 Å². The Bertz CT molecular complexity index is 426. The van der Waals surface area contributed by atoms with Gasteiger partial charge in [0.2, 0.25) is 0 Å². The number of aromatic nitrogens is 1. The van der Waals surface area contributed by atoms with Crippen molar-refractivity contribution in [2.75, 3.05) is 23.7 Å². The lowest BCUT2D eigenvalue weighted by Crippen LogP contribution is -2.43. The summed E-state index contributed by atoms with van der Waals surface area (Å²) in [4.78, 5) is 7.05. The highest BCUT2D eigenvalue weighted by Gasteiger charge is 2.27. The Morgan fingerprint density at radius 3 is 2.89 bits per heavy atom. The Hall–Kier alpha value is -0.740. The average molecular weight is 277 g/mol. The maximum Gasteiger partial charge on any atom is 0.128 e. The van der Waals surface area contributed by atoms with E-state index in [1.165, 1.54) is 24.2 Å². The van der Waals surface area contributed by atoms with E-state index in [1.54, 1.807) is 0 Å². The van der Waals surface area contributed by atoms with Crippen molar-refractivity contribution >= 4 is 17.6 Å². The third kappa shape index (κ3) is 3.63. The van der Waals surface area contributed by atoms with Gasteiger partial charge in [-0.05, 0) is 38.3 Å². The molecule has 4 heteroatoms. The first-order chi connectivity index (χ1) is 9.12. The SMILES string of the molecule is CC1(C)CN(c2ccc(CNC3CC3)cn2)CCS1. The molecular weight excluding hydrogens is 254 g/mol. The quantitative estimate of drug-likeness (QED) is 0.916. The predicted octanol–water partition coefficient (Wildman–Crippen LogP) is 2.67. The van der Waals surface area contributed by atoms with Crippen molar-refractivity contribution in [3.05, 3.63) is 23.9 Å². The summed E-state index contributed by atoms with van der Waals surface area (Å²) in [7, 11) is 0. The summed E-state index contributed by atoms with van der Waals surface area (Å²) >= 11 is 2.06. The van der Waals surface area contributed by atoms with Crippen molar-refractivity contribution in [3.63, 3.8) is 0 Å². The van der Waals surface area contributed by atoms with Crippen LogP contribution in [0, 0.1) is 0 Å². The van der Waals surface area contributed by atoms with Crippen LogP contribution in [0.2, 0.25) is 0 Å². The number of anilines is 1. The van der Waals surface area contributed by atoms with Gasteiger partial charge in [0, 0.05) is 42.4 Å². The number of nitrogens with one attached hydrogen (secondary N) is 1. The van der Waals surface area contributed by atoms with Crippen LogP contribution in [0.1, 0.15) is 32.3 Å². The van der Waals surface area contributed by atoms with Crippen LogP contribution in [0.5, 0.6) is 0 Å². The summed E-state index contributed by atoms with van der Waals surface area (Å²) in [5.74, 6) is 2.32. The Morgan fingerprint density at radius 2 is 2.26 bits per heavy atom. The first-order valence-electron chi connectivity index (χ1n) is 7.20. The molecule has 1 N–H and O–H groups in total. The van der Waals surface area contributed by atoms with Crippen LogP contribution in [0.3, 0.4) is 0 Å². The van der Waals surface area contributed by atoms with Gasteiger partial charge in [-0.2, -0.15) is 11.8 Å². The highest BCUT2D eigenvalue weighted by Crippen LogP contribution is 2.31. The van der Waals surface area contributed by atoms with E-state index in [9.17, 15) is 0 Å². The molecule has 2 heterocycles. The van der Waals surface area contributed by atoms with Crippen molar-refractivity contribution in [3.8, 4) is 0 Å². The Morgan fingerprint density at radius 1 is 1.42 bits per heavy atom. The van der Waals surface area contributed by atoms with Gasteiger partial charge in [0.05, 0.1) is 0 Å². The molecule has 2 fully saturated rings. The molecule has 0 bridgehead atoms. The molecule has 0 spiro atoms. The fraction of sp³-hybridized carbons (Fsp3) is 0.667. The molecule has 1 aliphatic carbocycles. The largest absolute Gasteiger partial charge is 0.354 e. The molecule has 1 saturated heterocycles. The van der Waals surface area contributed by atoms with Gasteiger partial charge in [-0.15, -0.1) is 0 Å². The molecule has 3 rings (SSSR count). The molecule has 0 atom stereocenters.